The average molecular weight is 269 g/mol. The molecule has 2 aromatic rings. The Morgan fingerprint density at radius 1 is 1.44 bits per heavy atom. The van der Waals surface area contributed by atoms with E-state index < -0.39 is 10.0 Å². The van der Waals surface area contributed by atoms with Crippen molar-refractivity contribution in [2.75, 3.05) is 4.72 Å². The molecule has 0 aromatic carbocycles. The molecule has 8 heteroatoms. The molecule has 0 aliphatic heterocycles. The van der Waals surface area contributed by atoms with Crippen molar-refractivity contribution < 1.29 is 8.42 Å². The Morgan fingerprint density at radius 3 is 2.78 bits per heavy atom. The van der Waals surface area contributed by atoms with Crippen LogP contribution in [0.5, 0.6) is 0 Å². The molecule has 2 rings (SSSR count). The largest absolute Gasteiger partial charge is 0.336 e. The van der Waals surface area contributed by atoms with Gasteiger partial charge in [0.2, 0.25) is 0 Å². The summed E-state index contributed by atoms with van der Waals surface area (Å²) in [6.07, 6.45) is 3.73. The lowest BCUT2D eigenvalue weighted by Crippen LogP contribution is -2.13. The number of nitrogens with zero attached hydrogens (tertiary/aromatic N) is 3. The van der Waals surface area contributed by atoms with Crippen molar-refractivity contribution >= 4 is 15.8 Å². The highest BCUT2D eigenvalue weighted by atomic mass is 32.2. The van der Waals surface area contributed by atoms with Crippen molar-refractivity contribution in [3.05, 3.63) is 24.3 Å². The first-order valence-electron chi connectivity index (χ1n) is 5.64. The zero-order valence-corrected chi connectivity index (χ0v) is 11.0. The van der Waals surface area contributed by atoms with Gasteiger partial charge in [0.05, 0.1) is 6.33 Å². The number of hydrogen-bond donors (Lipinski definition) is 2. The van der Waals surface area contributed by atoms with Gasteiger partial charge in [-0.1, -0.05) is 6.92 Å². The lowest BCUT2D eigenvalue weighted by Gasteiger charge is -2.00. The topological polar surface area (TPSA) is 92.7 Å². The van der Waals surface area contributed by atoms with Crippen LogP contribution in [0.1, 0.15) is 19.5 Å². The highest BCUT2D eigenvalue weighted by Gasteiger charge is 2.18. The van der Waals surface area contributed by atoms with E-state index in [-0.39, 0.29) is 10.8 Å². The zero-order valence-electron chi connectivity index (χ0n) is 10.2. The second kappa shape index (κ2) is 4.81. The lowest BCUT2D eigenvalue weighted by atomic mass is 10.3. The number of sulfonamides is 1. The van der Waals surface area contributed by atoms with E-state index >= 15 is 0 Å². The van der Waals surface area contributed by atoms with Crippen LogP contribution in [0.15, 0.2) is 23.6 Å². The number of nitrogens with one attached hydrogen (secondary N) is 2. The summed E-state index contributed by atoms with van der Waals surface area (Å²) in [5.74, 6) is 0.276. The van der Waals surface area contributed by atoms with Crippen molar-refractivity contribution in [2.24, 2.45) is 0 Å². The molecule has 0 amide bonds. The SMILES string of the molecule is CCc1cc(NS(=O)(=O)c2cn(CC)cn2)n[nH]1. The number of H-pyrrole nitrogens is 1. The van der Waals surface area contributed by atoms with Crippen LogP contribution in [-0.2, 0) is 23.0 Å². The Balaban J connectivity index is 2.21. The van der Waals surface area contributed by atoms with Crippen LogP contribution in [0.25, 0.3) is 0 Å². The summed E-state index contributed by atoms with van der Waals surface area (Å²) in [6.45, 7) is 4.53. The molecule has 0 aliphatic rings. The number of aryl methyl sites for hydroxylation is 2. The highest BCUT2D eigenvalue weighted by molar-refractivity contribution is 7.92. The molecule has 0 radical (unpaired) electrons. The Morgan fingerprint density at radius 2 is 2.22 bits per heavy atom. The first kappa shape index (κ1) is 12.6. The summed E-state index contributed by atoms with van der Waals surface area (Å²) in [6, 6.07) is 1.66. The summed E-state index contributed by atoms with van der Waals surface area (Å²) in [5, 5.41) is 6.61. The minimum Gasteiger partial charge on any atom is -0.336 e. The van der Waals surface area contributed by atoms with E-state index in [2.05, 4.69) is 19.9 Å². The molecule has 0 saturated heterocycles. The number of rotatable bonds is 5. The normalized spacial score (nSPS) is 11.7. The van der Waals surface area contributed by atoms with Crippen molar-refractivity contribution in [2.45, 2.75) is 31.8 Å². The molecule has 0 fully saturated rings. The van der Waals surface area contributed by atoms with E-state index in [9.17, 15) is 8.42 Å². The maximum absolute atomic E-state index is 12.0. The highest BCUT2D eigenvalue weighted by Crippen LogP contribution is 2.13. The first-order valence-corrected chi connectivity index (χ1v) is 7.12. The standard InChI is InChI=1S/C10H15N5O2S/c1-3-8-5-9(13-12-8)14-18(16,17)10-6-15(4-2)7-11-10/h5-7H,3-4H2,1-2H3,(H2,12,13,14). The minimum atomic E-state index is -3.66. The molecular formula is C10H15N5O2S. The molecular weight excluding hydrogens is 254 g/mol. The van der Waals surface area contributed by atoms with E-state index in [1.54, 1.807) is 10.6 Å². The Hall–Kier alpha value is -1.83. The molecule has 0 unspecified atom stereocenters. The van der Waals surface area contributed by atoms with Gasteiger partial charge in [0.25, 0.3) is 10.0 Å². The summed E-state index contributed by atoms with van der Waals surface area (Å²) < 4.78 is 28.0. The predicted octanol–water partition coefficient (Wildman–Crippen LogP) is 0.989. The van der Waals surface area contributed by atoms with Gasteiger partial charge in [-0.2, -0.15) is 13.5 Å². The van der Waals surface area contributed by atoms with Crippen LogP contribution in [-0.4, -0.2) is 28.2 Å². The molecule has 2 aromatic heterocycles. The van der Waals surface area contributed by atoms with Gasteiger partial charge in [0.1, 0.15) is 0 Å². The van der Waals surface area contributed by atoms with Crippen molar-refractivity contribution in [3.63, 3.8) is 0 Å². The third-order valence-electron chi connectivity index (χ3n) is 2.50. The monoisotopic (exact) mass is 269 g/mol. The minimum absolute atomic E-state index is 0.00889. The second-order valence-corrected chi connectivity index (χ2v) is 5.41. The van der Waals surface area contributed by atoms with Crippen LogP contribution in [0.4, 0.5) is 5.82 Å². The predicted molar refractivity (Wildman–Crippen MR) is 66.7 cm³/mol. The van der Waals surface area contributed by atoms with Crippen molar-refractivity contribution in [1.82, 2.24) is 19.7 Å². The van der Waals surface area contributed by atoms with Gasteiger partial charge in [-0.15, -0.1) is 0 Å². The van der Waals surface area contributed by atoms with E-state index in [4.69, 9.17) is 0 Å². The zero-order chi connectivity index (χ0) is 13.2. The van der Waals surface area contributed by atoms with E-state index in [0.717, 1.165) is 12.1 Å². The fraction of sp³-hybridized carbons (Fsp3) is 0.400. The maximum atomic E-state index is 12.0. The quantitative estimate of drug-likeness (QED) is 0.846. The molecule has 7 nitrogen and oxygen atoms in total. The molecule has 98 valence electrons. The number of hydrogen-bond acceptors (Lipinski definition) is 4. The maximum Gasteiger partial charge on any atom is 0.282 e. The molecule has 2 N–H and O–H groups in total. The average Bonchev–Trinajstić information content (AvgIpc) is 2.96. The fourth-order valence-electron chi connectivity index (χ4n) is 1.44. The summed E-state index contributed by atoms with van der Waals surface area (Å²) >= 11 is 0. The van der Waals surface area contributed by atoms with Crippen LogP contribution >= 0.6 is 0 Å². The van der Waals surface area contributed by atoms with Gasteiger partial charge in [-0.05, 0) is 13.3 Å². The van der Waals surface area contributed by atoms with Crippen LogP contribution < -0.4 is 4.72 Å². The van der Waals surface area contributed by atoms with Gasteiger partial charge in [0.15, 0.2) is 10.8 Å². The van der Waals surface area contributed by atoms with Gasteiger partial charge in [-0.3, -0.25) is 9.82 Å². The summed E-state index contributed by atoms with van der Waals surface area (Å²) in [4.78, 5) is 3.86. The van der Waals surface area contributed by atoms with Gasteiger partial charge < -0.3 is 4.57 Å². The Bertz CT molecular complexity index is 628. The Labute approximate surface area is 105 Å². The number of anilines is 1. The smallest absolute Gasteiger partial charge is 0.282 e. The molecule has 0 atom stereocenters. The van der Waals surface area contributed by atoms with E-state index in [1.807, 2.05) is 13.8 Å². The lowest BCUT2D eigenvalue weighted by molar-refractivity contribution is 0.597. The number of aromatic nitrogens is 4. The summed E-state index contributed by atoms with van der Waals surface area (Å²) in [7, 11) is -3.66. The Kier molecular flexibility index (Phi) is 3.37. The first-order chi connectivity index (χ1) is 8.55. The van der Waals surface area contributed by atoms with Crippen molar-refractivity contribution in [1.29, 1.82) is 0 Å². The van der Waals surface area contributed by atoms with Crippen LogP contribution in [0.3, 0.4) is 0 Å². The molecule has 0 bridgehead atoms. The molecule has 2 heterocycles. The van der Waals surface area contributed by atoms with Crippen LogP contribution in [0.2, 0.25) is 0 Å². The molecule has 0 aliphatic carbocycles. The molecule has 0 spiro atoms. The van der Waals surface area contributed by atoms with Gasteiger partial charge in [0, 0.05) is 24.5 Å². The van der Waals surface area contributed by atoms with Crippen molar-refractivity contribution in [3.8, 4) is 0 Å². The third kappa shape index (κ3) is 2.53. The van der Waals surface area contributed by atoms with E-state index in [1.165, 1.54) is 12.5 Å². The molecule has 18 heavy (non-hydrogen) atoms. The third-order valence-corrected chi connectivity index (χ3v) is 3.74. The second-order valence-electron chi connectivity index (χ2n) is 3.78. The van der Waals surface area contributed by atoms with E-state index in [0.29, 0.717) is 6.54 Å². The van der Waals surface area contributed by atoms with Gasteiger partial charge >= 0.3 is 0 Å². The number of aromatic amines is 1. The van der Waals surface area contributed by atoms with Gasteiger partial charge in [-0.25, -0.2) is 4.98 Å². The number of imidazole rings is 1. The van der Waals surface area contributed by atoms with Crippen LogP contribution in [0, 0.1) is 0 Å². The fourth-order valence-corrected chi connectivity index (χ4v) is 2.38. The summed E-state index contributed by atoms with van der Waals surface area (Å²) in [5.41, 5.74) is 0.867. The molecule has 0 saturated carbocycles.